The zero-order chi connectivity index (χ0) is 9.14. The average Bonchev–Trinajstić information content (AvgIpc) is 1.98. The lowest BCUT2D eigenvalue weighted by molar-refractivity contribution is 0.530. The van der Waals surface area contributed by atoms with Gasteiger partial charge in [0.05, 0.1) is 0 Å². The molecule has 0 fully saturated rings. The molecule has 0 saturated carbocycles. The second-order valence-corrected chi connectivity index (χ2v) is 2.71. The summed E-state index contributed by atoms with van der Waals surface area (Å²) in [7, 11) is 1.75. The summed E-state index contributed by atoms with van der Waals surface area (Å²) in [5.74, 6) is 5.45. The van der Waals surface area contributed by atoms with Crippen LogP contribution in [0, 0.1) is 0 Å². The standard InChI is InChI=1S/C9H13N3/c1-7-8(6-12(2)11)4-3-5-9(7)10/h3-6H,1,10-11H2,2H3/b8-6-. The molecule has 12 heavy (non-hydrogen) atoms. The SMILES string of the molecule is C=c1c(N)ccc/c1=C/N(C)N. The molecule has 3 nitrogen and oxygen atoms in total. The predicted molar refractivity (Wildman–Crippen MR) is 52.0 cm³/mol. The first kappa shape index (κ1) is 8.62. The minimum Gasteiger partial charge on any atom is -0.398 e. The van der Waals surface area contributed by atoms with Crippen molar-refractivity contribution in [1.82, 2.24) is 5.01 Å². The first-order valence-electron chi connectivity index (χ1n) is 3.64. The molecule has 0 aliphatic rings. The zero-order valence-electron chi connectivity index (χ0n) is 7.12. The highest BCUT2D eigenvalue weighted by Gasteiger charge is 1.87. The summed E-state index contributed by atoms with van der Waals surface area (Å²) in [6, 6.07) is 5.61. The fraction of sp³-hybridized carbons (Fsp3) is 0.111. The van der Waals surface area contributed by atoms with Crippen LogP contribution in [0.4, 0.5) is 5.69 Å². The summed E-state index contributed by atoms with van der Waals surface area (Å²) in [4.78, 5) is 0. The Kier molecular flexibility index (Phi) is 2.35. The maximum absolute atomic E-state index is 5.65. The molecule has 0 atom stereocenters. The van der Waals surface area contributed by atoms with E-state index in [0.29, 0.717) is 5.69 Å². The molecule has 64 valence electrons. The van der Waals surface area contributed by atoms with Crippen LogP contribution < -0.4 is 22.0 Å². The Balaban J connectivity index is 3.36. The van der Waals surface area contributed by atoms with Gasteiger partial charge in [0.15, 0.2) is 0 Å². The van der Waals surface area contributed by atoms with Gasteiger partial charge in [0.1, 0.15) is 0 Å². The fourth-order valence-corrected chi connectivity index (χ4v) is 0.964. The van der Waals surface area contributed by atoms with E-state index >= 15 is 0 Å². The van der Waals surface area contributed by atoms with Crippen LogP contribution in [0.5, 0.6) is 0 Å². The highest BCUT2D eigenvalue weighted by Crippen LogP contribution is 1.85. The van der Waals surface area contributed by atoms with E-state index in [0.717, 1.165) is 10.4 Å². The summed E-state index contributed by atoms with van der Waals surface area (Å²) in [6.45, 7) is 3.83. The number of hydrazine groups is 1. The molecule has 0 spiro atoms. The molecule has 1 aromatic carbocycles. The van der Waals surface area contributed by atoms with E-state index in [1.54, 1.807) is 13.2 Å². The van der Waals surface area contributed by atoms with Crippen molar-refractivity contribution in [2.75, 3.05) is 12.8 Å². The minimum atomic E-state index is 0.686. The van der Waals surface area contributed by atoms with Crippen LogP contribution >= 0.6 is 0 Å². The Morgan fingerprint density at radius 3 is 2.75 bits per heavy atom. The lowest BCUT2D eigenvalue weighted by Gasteiger charge is -2.03. The van der Waals surface area contributed by atoms with E-state index in [9.17, 15) is 0 Å². The van der Waals surface area contributed by atoms with Crippen molar-refractivity contribution < 1.29 is 0 Å². The first-order chi connectivity index (χ1) is 5.61. The average molecular weight is 163 g/mol. The van der Waals surface area contributed by atoms with Gasteiger partial charge >= 0.3 is 0 Å². The molecule has 0 saturated heterocycles. The third-order valence-corrected chi connectivity index (χ3v) is 1.59. The van der Waals surface area contributed by atoms with Crippen LogP contribution in [-0.4, -0.2) is 12.1 Å². The number of nitrogen functional groups attached to an aromatic ring is 1. The van der Waals surface area contributed by atoms with Crippen LogP contribution in [0.25, 0.3) is 12.8 Å². The fourth-order valence-electron chi connectivity index (χ4n) is 0.964. The van der Waals surface area contributed by atoms with Gasteiger partial charge in [0, 0.05) is 24.2 Å². The van der Waals surface area contributed by atoms with Crippen LogP contribution in [0.1, 0.15) is 0 Å². The van der Waals surface area contributed by atoms with Gasteiger partial charge in [-0.2, -0.15) is 0 Å². The third-order valence-electron chi connectivity index (χ3n) is 1.59. The highest BCUT2D eigenvalue weighted by molar-refractivity contribution is 5.43. The van der Waals surface area contributed by atoms with Gasteiger partial charge in [-0.3, -0.25) is 0 Å². The topological polar surface area (TPSA) is 55.3 Å². The monoisotopic (exact) mass is 163 g/mol. The van der Waals surface area contributed by atoms with E-state index in [2.05, 4.69) is 6.58 Å². The Bertz CT molecular complexity index is 368. The largest absolute Gasteiger partial charge is 0.398 e. The lowest BCUT2D eigenvalue weighted by atomic mass is 10.2. The van der Waals surface area contributed by atoms with Crippen molar-refractivity contribution in [3.63, 3.8) is 0 Å². The molecule has 4 N–H and O–H groups in total. The Morgan fingerprint density at radius 2 is 2.17 bits per heavy atom. The summed E-state index contributed by atoms with van der Waals surface area (Å²) in [5.41, 5.74) is 6.34. The molecule has 0 aliphatic carbocycles. The van der Waals surface area contributed by atoms with E-state index in [4.69, 9.17) is 11.6 Å². The van der Waals surface area contributed by atoms with Gasteiger partial charge < -0.3 is 10.7 Å². The van der Waals surface area contributed by atoms with Crippen LogP contribution in [-0.2, 0) is 0 Å². The van der Waals surface area contributed by atoms with Crippen LogP contribution in [0.3, 0.4) is 0 Å². The Labute approximate surface area is 71.6 Å². The number of benzene rings is 1. The van der Waals surface area contributed by atoms with Crippen molar-refractivity contribution in [3.8, 4) is 0 Å². The molecule has 0 bridgehead atoms. The summed E-state index contributed by atoms with van der Waals surface area (Å²) in [6.07, 6.45) is 1.78. The smallest absolute Gasteiger partial charge is 0.0388 e. The molecular weight excluding hydrogens is 150 g/mol. The number of hydrogen-bond donors (Lipinski definition) is 2. The maximum Gasteiger partial charge on any atom is 0.0388 e. The molecule has 3 heteroatoms. The molecule has 1 aromatic rings. The number of anilines is 1. The van der Waals surface area contributed by atoms with E-state index in [-0.39, 0.29) is 0 Å². The third kappa shape index (κ3) is 1.77. The van der Waals surface area contributed by atoms with Crippen molar-refractivity contribution in [2.45, 2.75) is 0 Å². The zero-order valence-corrected chi connectivity index (χ0v) is 7.12. The predicted octanol–water partition coefficient (Wildman–Crippen LogP) is -0.777. The quantitative estimate of drug-likeness (QED) is 0.324. The van der Waals surface area contributed by atoms with Crippen molar-refractivity contribution in [2.24, 2.45) is 5.84 Å². The molecule has 0 heterocycles. The highest BCUT2D eigenvalue weighted by atomic mass is 15.4. The van der Waals surface area contributed by atoms with E-state index < -0.39 is 0 Å². The van der Waals surface area contributed by atoms with Crippen molar-refractivity contribution in [3.05, 3.63) is 28.6 Å². The number of rotatable bonds is 1. The van der Waals surface area contributed by atoms with Gasteiger partial charge in [-0.1, -0.05) is 18.7 Å². The van der Waals surface area contributed by atoms with Crippen LogP contribution in [0.15, 0.2) is 18.2 Å². The van der Waals surface area contributed by atoms with Crippen molar-refractivity contribution in [1.29, 1.82) is 0 Å². The molecular formula is C9H13N3. The van der Waals surface area contributed by atoms with Gasteiger partial charge in [0.25, 0.3) is 0 Å². The molecule has 1 rings (SSSR count). The Morgan fingerprint density at radius 1 is 1.50 bits per heavy atom. The van der Waals surface area contributed by atoms with Crippen LogP contribution in [0.2, 0.25) is 0 Å². The van der Waals surface area contributed by atoms with Gasteiger partial charge in [-0.25, -0.2) is 5.84 Å². The second kappa shape index (κ2) is 3.28. The van der Waals surface area contributed by atoms with Gasteiger partial charge in [-0.05, 0) is 11.3 Å². The molecule has 0 radical (unpaired) electrons. The summed E-state index contributed by atoms with van der Waals surface area (Å²) < 4.78 is 0. The number of nitrogens with two attached hydrogens (primary N) is 2. The second-order valence-electron chi connectivity index (χ2n) is 2.71. The summed E-state index contributed by atoms with van der Waals surface area (Å²) >= 11 is 0. The maximum atomic E-state index is 5.65. The van der Waals surface area contributed by atoms with Crippen molar-refractivity contribution >= 4 is 18.5 Å². The summed E-state index contributed by atoms with van der Waals surface area (Å²) in [5, 5.41) is 3.23. The Hall–Kier alpha value is -1.48. The first-order valence-corrected chi connectivity index (χ1v) is 3.64. The number of hydrogen-bond acceptors (Lipinski definition) is 3. The normalized spacial score (nSPS) is 11.7. The molecule has 0 unspecified atom stereocenters. The molecule has 0 aromatic heterocycles. The minimum absolute atomic E-state index is 0.686. The van der Waals surface area contributed by atoms with E-state index in [1.807, 2.05) is 18.2 Å². The van der Waals surface area contributed by atoms with E-state index in [1.165, 1.54) is 5.01 Å². The lowest BCUT2D eigenvalue weighted by Crippen LogP contribution is -2.31. The molecule has 0 amide bonds. The number of nitrogens with zero attached hydrogens (tertiary/aromatic N) is 1. The molecule has 0 aliphatic heterocycles. The van der Waals surface area contributed by atoms with Gasteiger partial charge in [0.2, 0.25) is 0 Å². The van der Waals surface area contributed by atoms with Gasteiger partial charge in [-0.15, -0.1) is 0 Å².